The Kier molecular flexibility index (Phi) is 4.78. The second-order valence-electron chi connectivity index (χ2n) is 5.03. The van der Waals surface area contributed by atoms with E-state index in [-0.39, 0.29) is 0 Å². The van der Waals surface area contributed by atoms with Gasteiger partial charge in [-0.3, -0.25) is 0 Å². The lowest BCUT2D eigenvalue weighted by Gasteiger charge is -2.13. The van der Waals surface area contributed by atoms with Crippen LogP contribution in [0.4, 0.5) is 5.82 Å². The van der Waals surface area contributed by atoms with Crippen molar-refractivity contribution in [3.05, 3.63) is 35.0 Å². The molecule has 0 spiro atoms. The molecule has 0 fully saturated rings. The summed E-state index contributed by atoms with van der Waals surface area (Å²) in [4.78, 5) is 9.36. The fraction of sp³-hybridized carbons (Fsp3) is 0.412. The lowest BCUT2D eigenvalue weighted by molar-refractivity contribution is 0.412. The van der Waals surface area contributed by atoms with Crippen LogP contribution in [0.3, 0.4) is 0 Å². The van der Waals surface area contributed by atoms with E-state index in [2.05, 4.69) is 30.2 Å². The minimum absolute atomic E-state index is 0.756. The molecule has 0 radical (unpaired) electrons. The minimum Gasteiger partial charge on any atom is -0.496 e. The summed E-state index contributed by atoms with van der Waals surface area (Å²) >= 11 is 0. The molecule has 4 nitrogen and oxygen atoms in total. The Morgan fingerprint density at radius 1 is 1.14 bits per heavy atom. The molecular formula is C17H23N3O. The fourth-order valence-corrected chi connectivity index (χ4v) is 2.48. The van der Waals surface area contributed by atoms with E-state index in [1.54, 1.807) is 7.11 Å². The molecule has 2 aromatic rings. The van der Waals surface area contributed by atoms with Gasteiger partial charge in [-0.2, -0.15) is 0 Å². The first-order valence-electron chi connectivity index (χ1n) is 7.37. The Morgan fingerprint density at radius 2 is 1.90 bits per heavy atom. The maximum absolute atomic E-state index is 5.31. The van der Waals surface area contributed by atoms with E-state index >= 15 is 0 Å². The molecule has 4 heteroatoms. The van der Waals surface area contributed by atoms with E-state index in [0.29, 0.717) is 0 Å². The number of ether oxygens (including phenoxy) is 1. The van der Waals surface area contributed by atoms with Crippen molar-refractivity contribution in [3.8, 4) is 17.1 Å². The number of nitrogens with zero attached hydrogens (tertiary/aromatic N) is 2. The lowest BCUT2D eigenvalue weighted by atomic mass is 10.1. The van der Waals surface area contributed by atoms with Gasteiger partial charge in [-0.25, -0.2) is 9.97 Å². The highest BCUT2D eigenvalue weighted by Gasteiger charge is 2.12. The second kappa shape index (κ2) is 6.57. The molecule has 112 valence electrons. The lowest BCUT2D eigenvalue weighted by Crippen LogP contribution is -2.08. The number of methoxy groups -OCH3 is 1. The molecule has 0 amide bonds. The monoisotopic (exact) mass is 285 g/mol. The molecule has 0 aliphatic heterocycles. The normalized spacial score (nSPS) is 10.5. The molecule has 0 aliphatic rings. The zero-order chi connectivity index (χ0) is 15.4. The number of nitrogens with one attached hydrogen (secondary N) is 1. The van der Waals surface area contributed by atoms with E-state index in [9.17, 15) is 0 Å². The van der Waals surface area contributed by atoms with Crippen LogP contribution in [0.2, 0.25) is 0 Å². The molecule has 0 aliphatic carbocycles. The summed E-state index contributed by atoms with van der Waals surface area (Å²) in [5, 5.41) is 3.34. The van der Waals surface area contributed by atoms with Crippen LogP contribution >= 0.6 is 0 Å². The smallest absolute Gasteiger partial charge is 0.161 e. The zero-order valence-corrected chi connectivity index (χ0v) is 13.4. The summed E-state index contributed by atoms with van der Waals surface area (Å²) in [7, 11) is 1.68. The predicted octanol–water partition coefficient (Wildman–Crippen LogP) is 3.76. The number of benzene rings is 1. The van der Waals surface area contributed by atoms with Gasteiger partial charge in [0.05, 0.1) is 7.11 Å². The number of hydrogen-bond acceptors (Lipinski definition) is 4. The fourth-order valence-electron chi connectivity index (χ4n) is 2.48. The summed E-state index contributed by atoms with van der Waals surface area (Å²) in [6.45, 7) is 9.13. The van der Waals surface area contributed by atoms with E-state index in [0.717, 1.165) is 47.2 Å². The summed E-state index contributed by atoms with van der Waals surface area (Å²) in [5.74, 6) is 2.58. The van der Waals surface area contributed by atoms with Gasteiger partial charge in [-0.05, 0) is 51.0 Å². The topological polar surface area (TPSA) is 47.0 Å². The largest absolute Gasteiger partial charge is 0.496 e. The third-order valence-electron chi connectivity index (χ3n) is 3.56. The first kappa shape index (κ1) is 15.3. The van der Waals surface area contributed by atoms with Crippen LogP contribution in [0, 0.1) is 13.8 Å². The molecule has 1 heterocycles. The number of anilines is 1. The summed E-state index contributed by atoms with van der Waals surface area (Å²) in [6, 6.07) is 6.03. The predicted molar refractivity (Wildman–Crippen MR) is 87.0 cm³/mol. The van der Waals surface area contributed by atoms with Gasteiger partial charge in [0.1, 0.15) is 11.6 Å². The van der Waals surface area contributed by atoms with Crippen molar-refractivity contribution in [2.24, 2.45) is 0 Å². The van der Waals surface area contributed by atoms with Crippen LogP contribution in [0.25, 0.3) is 11.4 Å². The summed E-state index contributed by atoms with van der Waals surface area (Å²) < 4.78 is 5.31. The van der Waals surface area contributed by atoms with Crippen molar-refractivity contribution in [3.63, 3.8) is 0 Å². The Bertz CT molecular complexity index is 638. The average Bonchev–Trinajstić information content (AvgIpc) is 2.47. The van der Waals surface area contributed by atoms with Crippen LogP contribution in [0.15, 0.2) is 18.2 Å². The molecular weight excluding hydrogens is 262 g/mol. The molecule has 1 N–H and O–H groups in total. The Labute approximate surface area is 126 Å². The van der Waals surface area contributed by atoms with Gasteiger partial charge < -0.3 is 10.1 Å². The van der Waals surface area contributed by atoms with Gasteiger partial charge in [0.25, 0.3) is 0 Å². The van der Waals surface area contributed by atoms with Gasteiger partial charge in [-0.15, -0.1) is 0 Å². The maximum atomic E-state index is 5.31. The zero-order valence-electron chi connectivity index (χ0n) is 13.4. The van der Waals surface area contributed by atoms with Gasteiger partial charge in [0.15, 0.2) is 5.82 Å². The SMILES string of the molecule is CCNc1nc(-c2ccc(OC)c(C)c2)nc(C)c1CC. The van der Waals surface area contributed by atoms with E-state index < -0.39 is 0 Å². The molecule has 0 unspecified atom stereocenters. The quantitative estimate of drug-likeness (QED) is 0.908. The molecule has 0 atom stereocenters. The van der Waals surface area contributed by atoms with Crippen LogP contribution in [0.1, 0.15) is 30.7 Å². The number of hydrogen-bond donors (Lipinski definition) is 1. The van der Waals surface area contributed by atoms with Crippen molar-refractivity contribution >= 4 is 5.82 Å². The van der Waals surface area contributed by atoms with Crippen molar-refractivity contribution < 1.29 is 4.74 Å². The molecule has 1 aromatic heterocycles. The Balaban J connectivity index is 2.51. The molecule has 21 heavy (non-hydrogen) atoms. The first-order valence-corrected chi connectivity index (χ1v) is 7.37. The van der Waals surface area contributed by atoms with Crippen LogP contribution < -0.4 is 10.1 Å². The average molecular weight is 285 g/mol. The third-order valence-corrected chi connectivity index (χ3v) is 3.56. The maximum Gasteiger partial charge on any atom is 0.161 e. The highest BCUT2D eigenvalue weighted by atomic mass is 16.5. The van der Waals surface area contributed by atoms with E-state index in [4.69, 9.17) is 9.72 Å². The molecule has 1 aromatic carbocycles. The van der Waals surface area contributed by atoms with Crippen LogP contribution in [-0.4, -0.2) is 23.6 Å². The standard InChI is InChI=1S/C17H23N3O/c1-6-14-12(4)19-16(20-17(14)18-7-2)13-8-9-15(21-5)11(3)10-13/h8-10H,6-7H2,1-5H3,(H,18,19,20). The molecule has 0 saturated heterocycles. The van der Waals surface area contributed by atoms with Crippen molar-refractivity contribution in [2.75, 3.05) is 19.0 Å². The minimum atomic E-state index is 0.756. The summed E-state index contributed by atoms with van der Waals surface area (Å²) in [5.41, 5.74) is 4.32. The van der Waals surface area contributed by atoms with Crippen LogP contribution in [0.5, 0.6) is 5.75 Å². The third kappa shape index (κ3) is 3.15. The Morgan fingerprint density at radius 3 is 2.48 bits per heavy atom. The molecule has 0 saturated carbocycles. The number of aromatic nitrogens is 2. The summed E-state index contributed by atoms with van der Waals surface area (Å²) in [6.07, 6.45) is 0.927. The number of rotatable bonds is 5. The first-order chi connectivity index (χ1) is 10.1. The van der Waals surface area contributed by atoms with E-state index in [1.165, 1.54) is 5.56 Å². The Hall–Kier alpha value is -2.10. The van der Waals surface area contributed by atoms with Crippen LogP contribution in [-0.2, 0) is 6.42 Å². The second-order valence-corrected chi connectivity index (χ2v) is 5.03. The van der Waals surface area contributed by atoms with Gasteiger partial charge in [0.2, 0.25) is 0 Å². The van der Waals surface area contributed by atoms with E-state index in [1.807, 2.05) is 26.0 Å². The van der Waals surface area contributed by atoms with Gasteiger partial charge in [-0.1, -0.05) is 6.92 Å². The van der Waals surface area contributed by atoms with Gasteiger partial charge >= 0.3 is 0 Å². The van der Waals surface area contributed by atoms with Crippen molar-refractivity contribution in [1.82, 2.24) is 9.97 Å². The van der Waals surface area contributed by atoms with Crippen molar-refractivity contribution in [2.45, 2.75) is 34.1 Å². The number of aryl methyl sites for hydroxylation is 2. The highest BCUT2D eigenvalue weighted by molar-refractivity contribution is 5.62. The van der Waals surface area contributed by atoms with Gasteiger partial charge in [0, 0.05) is 23.4 Å². The molecule has 2 rings (SSSR count). The molecule has 0 bridgehead atoms. The highest BCUT2D eigenvalue weighted by Crippen LogP contribution is 2.26. The van der Waals surface area contributed by atoms with Crippen molar-refractivity contribution in [1.29, 1.82) is 0 Å².